The Morgan fingerprint density at radius 1 is 0.889 bits per heavy atom. The molecule has 2 aromatic carbocycles. The van der Waals surface area contributed by atoms with Crippen molar-refractivity contribution >= 4 is 62.2 Å². The Kier molecular flexibility index (Phi) is 6.18. The maximum Gasteiger partial charge on any atom is 0.323 e. The number of carbonyl (C=O) groups is 1. The summed E-state index contributed by atoms with van der Waals surface area (Å²) in [7, 11) is -3.62. The Hall–Kier alpha value is -1.51. The molecule has 0 saturated carbocycles. The van der Waals surface area contributed by atoms with Gasteiger partial charge in [0.1, 0.15) is 0 Å². The summed E-state index contributed by atoms with van der Waals surface area (Å²) in [5, 5.41) is 6.04. The van der Waals surface area contributed by atoms with Gasteiger partial charge < -0.3 is 10.6 Å². The number of anilines is 2. The minimum atomic E-state index is -3.62. The largest absolute Gasteiger partial charge is 0.323 e. The molecule has 0 spiro atoms. The Balaban J connectivity index is 1.79. The van der Waals surface area contributed by atoms with Gasteiger partial charge in [0, 0.05) is 18.1 Å². The molecule has 2 amide bonds. The summed E-state index contributed by atoms with van der Waals surface area (Å²) in [6.07, 6.45) is 1.67. The second-order valence-corrected chi connectivity index (χ2v) is 9.14. The molecule has 27 heavy (non-hydrogen) atoms. The number of carbonyl (C=O) groups excluding carboxylic acids is 1. The molecule has 1 aliphatic heterocycles. The van der Waals surface area contributed by atoms with Gasteiger partial charge in [-0.05, 0) is 49.2 Å². The predicted molar refractivity (Wildman–Crippen MR) is 109 cm³/mol. The number of benzene rings is 2. The smallest absolute Gasteiger partial charge is 0.306 e. The first-order valence-corrected chi connectivity index (χ1v) is 10.7. The summed E-state index contributed by atoms with van der Waals surface area (Å²) >= 11 is 18.0. The monoisotopic (exact) mass is 447 g/mol. The molecule has 0 bridgehead atoms. The van der Waals surface area contributed by atoms with Crippen LogP contribution in [0.2, 0.25) is 15.1 Å². The molecular weight excluding hydrogens is 433 g/mol. The average molecular weight is 449 g/mol. The van der Waals surface area contributed by atoms with E-state index >= 15 is 0 Å². The summed E-state index contributed by atoms with van der Waals surface area (Å²) in [6.45, 7) is 0.979. The van der Waals surface area contributed by atoms with Crippen molar-refractivity contribution in [1.29, 1.82) is 0 Å². The lowest BCUT2D eigenvalue weighted by atomic mass is 10.3. The van der Waals surface area contributed by atoms with E-state index in [4.69, 9.17) is 34.8 Å². The quantitative estimate of drug-likeness (QED) is 0.685. The van der Waals surface area contributed by atoms with Crippen molar-refractivity contribution in [2.45, 2.75) is 17.7 Å². The number of nitrogens with one attached hydrogen (secondary N) is 2. The molecule has 1 aliphatic rings. The van der Waals surface area contributed by atoms with E-state index in [9.17, 15) is 13.2 Å². The van der Waals surface area contributed by atoms with Crippen molar-refractivity contribution in [2.24, 2.45) is 0 Å². The number of hydrogen-bond donors (Lipinski definition) is 2. The molecule has 0 radical (unpaired) electrons. The van der Waals surface area contributed by atoms with Crippen LogP contribution >= 0.6 is 34.8 Å². The first-order chi connectivity index (χ1) is 12.8. The Morgan fingerprint density at radius 3 is 2.22 bits per heavy atom. The molecule has 144 valence electrons. The summed E-state index contributed by atoms with van der Waals surface area (Å²) in [5.74, 6) is 0. The van der Waals surface area contributed by atoms with Crippen molar-refractivity contribution < 1.29 is 13.2 Å². The van der Waals surface area contributed by atoms with Crippen molar-refractivity contribution in [2.75, 3.05) is 23.7 Å². The number of amides is 2. The van der Waals surface area contributed by atoms with Gasteiger partial charge in [0.15, 0.2) is 0 Å². The van der Waals surface area contributed by atoms with Gasteiger partial charge in [-0.3, -0.25) is 0 Å². The van der Waals surface area contributed by atoms with E-state index in [1.165, 1.54) is 28.6 Å². The lowest BCUT2D eigenvalue weighted by Crippen LogP contribution is -2.28. The van der Waals surface area contributed by atoms with Gasteiger partial charge in [-0.2, -0.15) is 4.31 Å². The molecule has 2 aromatic rings. The van der Waals surface area contributed by atoms with E-state index in [0.29, 0.717) is 23.8 Å². The van der Waals surface area contributed by atoms with Gasteiger partial charge >= 0.3 is 6.03 Å². The van der Waals surface area contributed by atoms with Crippen LogP contribution in [-0.2, 0) is 10.0 Å². The average Bonchev–Trinajstić information content (AvgIpc) is 3.15. The lowest BCUT2D eigenvalue weighted by Gasteiger charge is -2.17. The maximum absolute atomic E-state index is 12.7. The van der Waals surface area contributed by atoms with Gasteiger partial charge in [-0.1, -0.05) is 34.8 Å². The zero-order valence-electron chi connectivity index (χ0n) is 14.0. The molecule has 1 heterocycles. The van der Waals surface area contributed by atoms with Crippen LogP contribution in [0, 0.1) is 0 Å². The predicted octanol–water partition coefficient (Wildman–Crippen LogP) is 5.08. The molecule has 0 aromatic heterocycles. The van der Waals surface area contributed by atoms with Crippen LogP contribution in [0.4, 0.5) is 16.2 Å². The number of halogens is 3. The van der Waals surface area contributed by atoms with E-state index in [1.54, 1.807) is 12.1 Å². The normalized spacial score (nSPS) is 14.9. The van der Waals surface area contributed by atoms with Crippen molar-refractivity contribution in [3.63, 3.8) is 0 Å². The fourth-order valence-electron chi connectivity index (χ4n) is 2.70. The maximum atomic E-state index is 12.7. The molecule has 6 nitrogen and oxygen atoms in total. The highest BCUT2D eigenvalue weighted by molar-refractivity contribution is 7.89. The van der Waals surface area contributed by atoms with Crippen molar-refractivity contribution in [3.05, 3.63) is 51.5 Å². The minimum Gasteiger partial charge on any atom is -0.306 e. The van der Waals surface area contributed by atoms with Crippen molar-refractivity contribution in [3.8, 4) is 0 Å². The number of hydrogen-bond acceptors (Lipinski definition) is 3. The fourth-order valence-corrected chi connectivity index (χ4v) is 4.87. The third kappa shape index (κ3) is 4.67. The fraction of sp³-hybridized carbons (Fsp3) is 0.235. The molecular formula is C17H16Cl3N3O3S. The lowest BCUT2D eigenvalue weighted by molar-refractivity contribution is 0.262. The van der Waals surface area contributed by atoms with Crippen LogP contribution in [0.3, 0.4) is 0 Å². The van der Waals surface area contributed by atoms with E-state index in [-0.39, 0.29) is 20.6 Å². The number of nitrogens with zero attached hydrogens (tertiary/aromatic N) is 1. The van der Waals surface area contributed by atoms with Crippen LogP contribution in [-0.4, -0.2) is 31.8 Å². The highest BCUT2D eigenvalue weighted by Crippen LogP contribution is 2.29. The SMILES string of the molecule is O=C(Nc1ccc(Cl)cc1Cl)Nc1cc(S(=O)(=O)N2CCCC2)ccc1Cl. The number of rotatable bonds is 4. The van der Waals surface area contributed by atoms with Crippen LogP contribution in [0.1, 0.15) is 12.8 Å². The Morgan fingerprint density at radius 2 is 1.56 bits per heavy atom. The van der Waals surface area contributed by atoms with E-state index < -0.39 is 16.1 Å². The molecule has 2 N–H and O–H groups in total. The standard InChI is InChI=1S/C17H16Cl3N3O3S/c18-11-3-6-15(14(20)9-11)21-17(24)22-16-10-12(4-5-13(16)19)27(25,26)23-7-1-2-8-23/h3-6,9-10H,1-2,7-8H2,(H2,21,22,24). The van der Waals surface area contributed by atoms with Gasteiger partial charge in [-0.25, -0.2) is 13.2 Å². The minimum absolute atomic E-state index is 0.0774. The summed E-state index contributed by atoms with van der Waals surface area (Å²) in [6, 6.07) is 8.23. The topological polar surface area (TPSA) is 78.5 Å². The van der Waals surface area contributed by atoms with Crippen LogP contribution in [0.5, 0.6) is 0 Å². The van der Waals surface area contributed by atoms with Gasteiger partial charge in [-0.15, -0.1) is 0 Å². The molecule has 3 rings (SSSR count). The first-order valence-electron chi connectivity index (χ1n) is 8.10. The molecule has 0 atom stereocenters. The third-order valence-electron chi connectivity index (χ3n) is 4.07. The van der Waals surface area contributed by atoms with Gasteiger partial charge in [0.2, 0.25) is 10.0 Å². The number of urea groups is 1. The molecule has 1 saturated heterocycles. The highest BCUT2D eigenvalue weighted by Gasteiger charge is 2.27. The van der Waals surface area contributed by atoms with Crippen LogP contribution < -0.4 is 10.6 Å². The van der Waals surface area contributed by atoms with Gasteiger partial charge in [0.25, 0.3) is 0 Å². The molecule has 0 unspecified atom stereocenters. The second-order valence-electron chi connectivity index (χ2n) is 5.96. The summed E-state index contributed by atoms with van der Waals surface area (Å²) in [5.41, 5.74) is 0.537. The summed E-state index contributed by atoms with van der Waals surface area (Å²) in [4.78, 5) is 12.3. The molecule has 0 aliphatic carbocycles. The first kappa shape index (κ1) is 20.2. The molecule has 1 fully saturated rings. The van der Waals surface area contributed by atoms with E-state index in [2.05, 4.69) is 10.6 Å². The summed E-state index contributed by atoms with van der Waals surface area (Å²) < 4.78 is 26.8. The van der Waals surface area contributed by atoms with Crippen LogP contribution in [0.15, 0.2) is 41.3 Å². The Labute approximate surface area is 172 Å². The third-order valence-corrected chi connectivity index (χ3v) is 6.84. The highest BCUT2D eigenvalue weighted by atomic mass is 35.5. The zero-order valence-corrected chi connectivity index (χ0v) is 17.1. The van der Waals surface area contributed by atoms with Gasteiger partial charge in [0.05, 0.1) is 26.3 Å². The zero-order chi connectivity index (χ0) is 19.6. The van der Waals surface area contributed by atoms with Crippen molar-refractivity contribution in [1.82, 2.24) is 4.31 Å². The molecule has 10 heteroatoms. The second kappa shape index (κ2) is 8.24. The van der Waals surface area contributed by atoms with Crippen LogP contribution in [0.25, 0.3) is 0 Å². The number of sulfonamides is 1. The Bertz CT molecular complexity index is 977. The van der Waals surface area contributed by atoms with E-state index in [0.717, 1.165) is 12.8 Å². The van der Waals surface area contributed by atoms with E-state index in [1.807, 2.05) is 0 Å².